The number of esters is 2. The predicted molar refractivity (Wildman–Crippen MR) is 97.5 cm³/mol. The zero-order chi connectivity index (χ0) is 21.5. The van der Waals surface area contributed by atoms with Crippen molar-refractivity contribution >= 4 is 11.9 Å². The van der Waals surface area contributed by atoms with Crippen molar-refractivity contribution in [2.24, 2.45) is 10.8 Å². The predicted octanol–water partition coefficient (Wildman–Crippen LogP) is 3.30. The van der Waals surface area contributed by atoms with E-state index in [1.165, 1.54) is 14.2 Å². The third-order valence-corrected chi connectivity index (χ3v) is 5.18. The van der Waals surface area contributed by atoms with Crippen LogP contribution in [0.5, 0.6) is 0 Å². The molecular formula is C20H26N4O4. The molecule has 0 aliphatic heterocycles. The van der Waals surface area contributed by atoms with Crippen molar-refractivity contribution in [1.29, 1.82) is 21.0 Å². The molecule has 0 bridgehead atoms. The molecule has 0 fully saturated rings. The van der Waals surface area contributed by atoms with Crippen LogP contribution in [0, 0.1) is 56.2 Å². The van der Waals surface area contributed by atoms with E-state index in [0.29, 0.717) is 0 Å². The molecule has 150 valence electrons. The van der Waals surface area contributed by atoms with Crippen LogP contribution in [0.25, 0.3) is 0 Å². The Balaban J connectivity index is 5.92. The second-order valence-corrected chi connectivity index (χ2v) is 6.68. The lowest BCUT2D eigenvalue weighted by molar-refractivity contribution is -0.159. The summed E-state index contributed by atoms with van der Waals surface area (Å²) in [5.74, 6) is -1.06. The van der Waals surface area contributed by atoms with E-state index in [9.17, 15) is 9.59 Å². The van der Waals surface area contributed by atoms with Gasteiger partial charge >= 0.3 is 11.9 Å². The summed E-state index contributed by atoms with van der Waals surface area (Å²) in [7, 11) is 2.49. The second-order valence-electron chi connectivity index (χ2n) is 6.68. The van der Waals surface area contributed by atoms with Crippen molar-refractivity contribution in [1.82, 2.24) is 0 Å². The van der Waals surface area contributed by atoms with Crippen LogP contribution in [0.4, 0.5) is 0 Å². The summed E-state index contributed by atoms with van der Waals surface area (Å²) >= 11 is 0. The summed E-state index contributed by atoms with van der Waals surface area (Å²) in [4.78, 5) is 25.1. The fourth-order valence-corrected chi connectivity index (χ4v) is 3.45. The largest absolute Gasteiger partial charge is 0.469 e. The van der Waals surface area contributed by atoms with Gasteiger partial charge < -0.3 is 9.47 Å². The lowest BCUT2D eigenvalue weighted by atomic mass is 9.68. The molecule has 8 heteroatoms. The zero-order valence-electron chi connectivity index (χ0n) is 16.5. The third kappa shape index (κ3) is 6.90. The third-order valence-electron chi connectivity index (χ3n) is 5.18. The minimum atomic E-state index is -1.08. The van der Waals surface area contributed by atoms with Crippen LogP contribution in [0.2, 0.25) is 0 Å². The van der Waals surface area contributed by atoms with Crippen molar-refractivity contribution in [2.75, 3.05) is 14.2 Å². The monoisotopic (exact) mass is 386 g/mol. The Bertz CT molecular complexity index is 595. The van der Waals surface area contributed by atoms with E-state index < -0.39 is 22.8 Å². The highest BCUT2D eigenvalue weighted by molar-refractivity contribution is 5.78. The van der Waals surface area contributed by atoms with Crippen molar-refractivity contribution in [3.63, 3.8) is 0 Å². The molecule has 0 unspecified atom stereocenters. The summed E-state index contributed by atoms with van der Waals surface area (Å²) in [5.41, 5.74) is -2.17. The second kappa shape index (κ2) is 13.1. The summed E-state index contributed by atoms with van der Waals surface area (Å²) in [6, 6.07) is 8.04. The highest BCUT2D eigenvalue weighted by Crippen LogP contribution is 2.44. The highest BCUT2D eigenvalue weighted by Gasteiger charge is 2.45. The van der Waals surface area contributed by atoms with Gasteiger partial charge in [-0.2, -0.15) is 21.0 Å². The number of carbonyl (C=O) groups excluding carboxylic acids is 2. The van der Waals surface area contributed by atoms with E-state index >= 15 is 0 Å². The molecule has 0 spiro atoms. The van der Waals surface area contributed by atoms with E-state index in [0.717, 1.165) is 0 Å². The van der Waals surface area contributed by atoms with Crippen LogP contribution in [-0.2, 0) is 19.1 Å². The van der Waals surface area contributed by atoms with Gasteiger partial charge in [0.25, 0.3) is 0 Å². The van der Waals surface area contributed by atoms with Gasteiger partial charge in [-0.25, -0.2) is 0 Å². The smallest absolute Gasteiger partial charge is 0.311 e. The maximum atomic E-state index is 12.6. The normalized spacial score (nSPS) is 10.6. The molecule has 0 amide bonds. The van der Waals surface area contributed by atoms with Crippen LogP contribution in [0.15, 0.2) is 0 Å². The lowest BCUT2D eigenvalue weighted by Crippen LogP contribution is -2.38. The van der Waals surface area contributed by atoms with Gasteiger partial charge in [0.1, 0.15) is 0 Å². The highest BCUT2D eigenvalue weighted by atomic mass is 16.5. The van der Waals surface area contributed by atoms with Gasteiger partial charge in [-0.15, -0.1) is 0 Å². The Morgan fingerprint density at radius 1 is 0.607 bits per heavy atom. The summed E-state index contributed by atoms with van der Waals surface area (Å²) in [5, 5.41) is 35.9. The SMILES string of the molecule is COC(=O)C(CCC#N)(CCC#N)CCC(CCC#N)(CCC#N)C(=O)OC. The van der Waals surface area contributed by atoms with E-state index in [1.807, 2.05) is 24.3 Å². The Labute approximate surface area is 166 Å². The van der Waals surface area contributed by atoms with Gasteiger partial charge in [-0.05, 0) is 38.5 Å². The number of hydrogen-bond donors (Lipinski definition) is 0. The summed E-state index contributed by atoms with van der Waals surface area (Å²) < 4.78 is 9.89. The average molecular weight is 386 g/mol. The number of rotatable bonds is 13. The molecule has 0 saturated carbocycles. The quantitative estimate of drug-likeness (QED) is 0.438. The maximum Gasteiger partial charge on any atom is 0.311 e. The molecule has 0 aliphatic carbocycles. The maximum absolute atomic E-state index is 12.6. The van der Waals surface area contributed by atoms with Crippen LogP contribution in [0.1, 0.15) is 64.2 Å². The van der Waals surface area contributed by atoms with Crippen LogP contribution >= 0.6 is 0 Å². The summed E-state index contributed by atoms with van der Waals surface area (Å²) in [6.07, 6.45) is 1.58. The van der Waals surface area contributed by atoms with E-state index in [1.54, 1.807) is 0 Å². The Morgan fingerprint density at radius 3 is 1.04 bits per heavy atom. The van der Waals surface area contributed by atoms with E-state index in [2.05, 4.69) is 0 Å². The van der Waals surface area contributed by atoms with Gasteiger partial charge in [0, 0.05) is 25.7 Å². The van der Waals surface area contributed by atoms with Gasteiger partial charge in [0.05, 0.1) is 49.3 Å². The minimum Gasteiger partial charge on any atom is -0.469 e. The van der Waals surface area contributed by atoms with Crippen LogP contribution < -0.4 is 0 Å². The number of ether oxygens (including phenoxy) is 2. The Morgan fingerprint density at radius 2 is 0.857 bits per heavy atom. The molecule has 28 heavy (non-hydrogen) atoms. The molecular weight excluding hydrogens is 360 g/mol. The first-order chi connectivity index (χ1) is 13.4. The Kier molecular flexibility index (Phi) is 11.7. The van der Waals surface area contributed by atoms with E-state index in [-0.39, 0.29) is 64.2 Å². The van der Waals surface area contributed by atoms with Crippen LogP contribution in [-0.4, -0.2) is 26.2 Å². The molecule has 0 heterocycles. The molecule has 0 aromatic heterocycles. The van der Waals surface area contributed by atoms with Gasteiger partial charge in [-0.3, -0.25) is 9.59 Å². The van der Waals surface area contributed by atoms with Gasteiger partial charge in [-0.1, -0.05) is 0 Å². The Hall–Kier alpha value is -3.10. The molecule has 0 saturated heterocycles. The van der Waals surface area contributed by atoms with Gasteiger partial charge in [0.2, 0.25) is 0 Å². The molecule has 0 radical (unpaired) electrons. The molecule has 0 aliphatic rings. The first kappa shape index (κ1) is 24.9. The van der Waals surface area contributed by atoms with Crippen molar-refractivity contribution in [2.45, 2.75) is 64.2 Å². The minimum absolute atomic E-state index is 0.0993. The molecule has 0 atom stereocenters. The average Bonchev–Trinajstić information content (AvgIpc) is 2.73. The standard InChI is InChI=1S/C20H26N4O4/c1-27-17(25)19(7-3-13-21,8-4-14-22)11-12-20(9-5-15-23,10-6-16-24)18(26)28-2/h3-12H2,1-2H3. The molecule has 0 rings (SSSR count). The number of hydrogen-bond acceptors (Lipinski definition) is 8. The van der Waals surface area contributed by atoms with Crippen molar-refractivity contribution in [3.05, 3.63) is 0 Å². The number of methoxy groups -OCH3 is 2. The first-order valence-corrected chi connectivity index (χ1v) is 9.06. The zero-order valence-corrected chi connectivity index (χ0v) is 16.5. The molecule has 8 nitrogen and oxygen atoms in total. The van der Waals surface area contributed by atoms with Crippen molar-refractivity contribution < 1.29 is 19.1 Å². The fraction of sp³-hybridized carbons (Fsp3) is 0.700. The number of carbonyl (C=O) groups is 2. The summed E-state index contributed by atoms with van der Waals surface area (Å²) in [6.45, 7) is 0. The topological polar surface area (TPSA) is 148 Å². The van der Waals surface area contributed by atoms with E-state index in [4.69, 9.17) is 30.5 Å². The molecule has 0 N–H and O–H groups in total. The fourth-order valence-electron chi connectivity index (χ4n) is 3.45. The number of nitriles is 4. The van der Waals surface area contributed by atoms with Crippen molar-refractivity contribution in [3.8, 4) is 24.3 Å². The first-order valence-electron chi connectivity index (χ1n) is 9.06. The van der Waals surface area contributed by atoms with Gasteiger partial charge in [0.15, 0.2) is 0 Å². The molecule has 0 aromatic carbocycles. The lowest BCUT2D eigenvalue weighted by Gasteiger charge is -2.36. The molecule has 0 aromatic rings. The van der Waals surface area contributed by atoms with Crippen LogP contribution in [0.3, 0.4) is 0 Å². The number of nitrogens with zero attached hydrogens (tertiary/aromatic N) is 4.